The van der Waals surface area contributed by atoms with Crippen LogP contribution in [0.3, 0.4) is 0 Å². The predicted molar refractivity (Wildman–Crippen MR) is 93.6 cm³/mol. The second-order valence-electron chi connectivity index (χ2n) is 6.97. The van der Waals surface area contributed by atoms with E-state index in [-0.39, 0.29) is 31.5 Å². The first kappa shape index (κ1) is 23.4. The Morgan fingerprint density at radius 2 is 1.86 bits per heavy atom. The molecule has 0 aliphatic heterocycles. The number of nitrogens with two attached hydrogens (primary N) is 1. The van der Waals surface area contributed by atoms with Gasteiger partial charge in [-0.05, 0) is 37.8 Å². The summed E-state index contributed by atoms with van der Waals surface area (Å²) in [7, 11) is -4.47. The second-order valence-corrected chi connectivity index (χ2v) is 8.69. The molecule has 29 heavy (non-hydrogen) atoms. The van der Waals surface area contributed by atoms with Crippen molar-refractivity contribution in [3.63, 3.8) is 0 Å². The SMILES string of the molecule is C[C@H](NS(=O)(=O)c1ccc(NC(=O)[C@@H](N)C2CCC(F)(F)CC2)nc1)C(F)(F)F. The normalized spacial score (nSPS) is 20.1. The number of aromatic nitrogens is 1. The number of nitrogens with one attached hydrogen (secondary N) is 2. The fraction of sp³-hybridized carbons (Fsp3) is 0.625. The summed E-state index contributed by atoms with van der Waals surface area (Å²) in [4.78, 5) is 15.4. The molecular formula is C16H21F5N4O3S. The molecule has 0 bridgehead atoms. The van der Waals surface area contributed by atoms with Gasteiger partial charge >= 0.3 is 6.18 Å². The van der Waals surface area contributed by atoms with Crippen molar-refractivity contribution in [2.24, 2.45) is 11.7 Å². The van der Waals surface area contributed by atoms with Gasteiger partial charge in [-0.1, -0.05) is 0 Å². The number of nitrogens with zero attached hydrogens (tertiary/aromatic N) is 1. The molecule has 1 heterocycles. The highest BCUT2D eigenvalue weighted by atomic mass is 32.2. The number of carbonyl (C=O) groups is 1. The number of sulfonamides is 1. The summed E-state index contributed by atoms with van der Waals surface area (Å²) in [6, 6.07) is -1.29. The lowest BCUT2D eigenvalue weighted by Gasteiger charge is -2.31. The molecule has 13 heteroatoms. The summed E-state index contributed by atoms with van der Waals surface area (Å²) in [6.45, 7) is 0.655. The van der Waals surface area contributed by atoms with Gasteiger partial charge in [0, 0.05) is 19.0 Å². The van der Waals surface area contributed by atoms with Crippen LogP contribution in [0.2, 0.25) is 0 Å². The third-order valence-electron chi connectivity index (χ3n) is 4.69. The van der Waals surface area contributed by atoms with Crippen molar-refractivity contribution >= 4 is 21.7 Å². The van der Waals surface area contributed by atoms with Crippen LogP contribution in [0.5, 0.6) is 0 Å². The number of hydrogen-bond donors (Lipinski definition) is 3. The van der Waals surface area contributed by atoms with Crippen molar-refractivity contribution in [3.05, 3.63) is 18.3 Å². The average Bonchev–Trinajstić information content (AvgIpc) is 2.60. The topological polar surface area (TPSA) is 114 Å². The van der Waals surface area contributed by atoms with Crippen molar-refractivity contribution in [1.29, 1.82) is 0 Å². The molecule has 0 radical (unpaired) electrons. The van der Waals surface area contributed by atoms with Crippen molar-refractivity contribution in [3.8, 4) is 0 Å². The first-order valence-corrected chi connectivity index (χ1v) is 10.2. The van der Waals surface area contributed by atoms with Crippen molar-refractivity contribution in [2.45, 2.75) is 61.7 Å². The average molecular weight is 444 g/mol. The summed E-state index contributed by atoms with van der Waals surface area (Å²) in [5, 5.41) is 2.35. The van der Waals surface area contributed by atoms with E-state index in [2.05, 4.69) is 10.3 Å². The van der Waals surface area contributed by atoms with Crippen LogP contribution >= 0.6 is 0 Å². The molecule has 0 spiro atoms. The predicted octanol–water partition coefficient (Wildman–Crippen LogP) is 2.40. The Balaban J connectivity index is 1.99. The molecule has 1 aromatic heterocycles. The number of amides is 1. The van der Waals surface area contributed by atoms with Crippen molar-refractivity contribution < 1.29 is 35.2 Å². The highest BCUT2D eigenvalue weighted by molar-refractivity contribution is 7.89. The van der Waals surface area contributed by atoms with E-state index in [1.807, 2.05) is 0 Å². The summed E-state index contributed by atoms with van der Waals surface area (Å²) < 4.78 is 89.4. The van der Waals surface area contributed by atoms with Crippen LogP contribution in [0.15, 0.2) is 23.2 Å². The van der Waals surface area contributed by atoms with E-state index < -0.39 is 50.9 Å². The molecule has 2 atom stereocenters. The third-order valence-corrected chi connectivity index (χ3v) is 6.22. The molecule has 0 aromatic carbocycles. The van der Waals surface area contributed by atoms with Crippen LogP contribution in [0.4, 0.5) is 27.8 Å². The van der Waals surface area contributed by atoms with Crippen LogP contribution in [0.1, 0.15) is 32.6 Å². The lowest BCUT2D eigenvalue weighted by molar-refractivity contribution is -0.147. The number of anilines is 1. The van der Waals surface area contributed by atoms with E-state index in [1.54, 1.807) is 0 Å². The first-order chi connectivity index (χ1) is 13.2. The van der Waals surface area contributed by atoms with E-state index in [0.29, 0.717) is 6.92 Å². The van der Waals surface area contributed by atoms with E-state index in [1.165, 1.54) is 4.72 Å². The Morgan fingerprint density at radius 3 is 2.34 bits per heavy atom. The maximum Gasteiger partial charge on any atom is 0.404 e. The minimum Gasteiger partial charge on any atom is -0.320 e. The zero-order chi connectivity index (χ0) is 22.0. The zero-order valence-electron chi connectivity index (χ0n) is 15.3. The van der Waals surface area contributed by atoms with Gasteiger partial charge in [-0.3, -0.25) is 4.79 Å². The summed E-state index contributed by atoms with van der Waals surface area (Å²) >= 11 is 0. The molecule has 0 unspecified atom stereocenters. The molecule has 7 nitrogen and oxygen atoms in total. The smallest absolute Gasteiger partial charge is 0.320 e. The van der Waals surface area contributed by atoms with Crippen LogP contribution in [0, 0.1) is 5.92 Å². The molecule has 0 saturated heterocycles. The Kier molecular flexibility index (Phi) is 6.85. The van der Waals surface area contributed by atoms with Gasteiger partial charge in [0.25, 0.3) is 0 Å². The zero-order valence-corrected chi connectivity index (χ0v) is 16.2. The van der Waals surface area contributed by atoms with Gasteiger partial charge in [-0.25, -0.2) is 22.2 Å². The van der Waals surface area contributed by atoms with Gasteiger partial charge in [0.05, 0.1) is 6.04 Å². The Labute approximate surface area is 164 Å². The molecule has 1 aliphatic rings. The fourth-order valence-corrected chi connectivity index (χ4v) is 4.00. The first-order valence-electron chi connectivity index (χ1n) is 8.71. The largest absolute Gasteiger partial charge is 0.404 e. The van der Waals surface area contributed by atoms with E-state index in [9.17, 15) is 35.2 Å². The maximum absolute atomic E-state index is 13.2. The van der Waals surface area contributed by atoms with Crippen LogP contribution in [0.25, 0.3) is 0 Å². The number of hydrogen-bond acceptors (Lipinski definition) is 5. The van der Waals surface area contributed by atoms with Gasteiger partial charge in [0.15, 0.2) is 0 Å². The molecule has 2 rings (SSSR count). The number of pyridine rings is 1. The number of carbonyl (C=O) groups excluding carboxylic acids is 1. The fourth-order valence-electron chi connectivity index (χ4n) is 2.83. The lowest BCUT2D eigenvalue weighted by atomic mass is 9.82. The molecule has 4 N–H and O–H groups in total. The quantitative estimate of drug-likeness (QED) is 0.583. The van der Waals surface area contributed by atoms with E-state index in [4.69, 9.17) is 5.73 Å². The monoisotopic (exact) mass is 444 g/mol. The van der Waals surface area contributed by atoms with Gasteiger partial charge in [0.1, 0.15) is 16.8 Å². The highest BCUT2D eigenvalue weighted by Crippen LogP contribution is 2.37. The van der Waals surface area contributed by atoms with Crippen molar-refractivity contribution in [1.82, 2.24) is 9.71 Å². The second kappa shape index (κ2) is 8.48. The molecular weight excluding hydrogens is 423 g/mol. The highest BCUT2D eigenvalue weighted by Gasteiger charge is 2.39. The minimum absolute atomic E-state index is 0.0746. The molecule has 1 amide bonds. The van der Waals surface area contributed by atoms with Crippen molar-refractivity contribution in [2.75, 3.05) is 5.32 Å². The Hall–Kier alpha value is -1.86. The van der Waals surface area contributed by atoms with Gasteiger partial charge in [0.2, 0.25) is 21.9 Å². The Morgan fingerprint density at radius 1 is 1.28 bits per heavy atom. The molecule has 1 fully saturated rings. The van der Waals surface area contributed by atoms with Crippen LogP contribution < -0.4 is 15.8 Å². The lowest BCUT2D eigenvalue weighted by Crippen LogP contribution is -2.44. The number of alkyl halides is 5. The minimum atomic E-state index is -4.76. The maximum atomic E-state index is 13.2. The van der Waals surface area contributed by atoms with E-state index >= 15 is 0 Å². The number of rotatable bonds is 6. The number of halogens is 5. The summed E-state index contributed by atoms with van der Waals surface area (Å²) in [5.74, 6) is -3.93. The molecule has 1 aliphatic carbocycles. The summed E-state index contributed by atoms with van der Waals surface area (Å²) in [6.07, 6.45) is -4.49. The van der Waals surface area contributed by atoms with Gasteiger partial charge in [-0.2, -0.15) is 17.9 Å². The molecule has 1 aromatic rings. The molecule has 164 valence electrons. The van der Waals surface area contributed by atoms with Crippen LogP contribution in [-0.4, -0.2) is 43.5 Å². The Bertz CT molecular complexity index is 820. The standard InChI is InChI=1S/C16H21F5N4O3S/c1-9(16(19,20)21)25-29(27,28)11-2-3-12(23-8-11)24-14(26)13(22)10-4-6-15(17,18)7-5-10/h2-3,8-10,13,25H,4-7,22H2,1H3,(H,23,24,26)/t9-,13-/m0/s1. The van der Waals surface area contributed by atoms with Gasteiger partial charge < -0.3 is 11.1 Å². The van der Waals surface area contributed by atoms with E-state index in [0.717, 1.165) is 18.3 Å². The molecule has 1 saturated carbocycles. The van der Waals surface area contributed by atoms with Crippen LogP contribution in [-0.2, 0) is 14.8 Å². The third kappa shape index (κ3) is 6.31. The van der Waals surface area contributed by atoms with Gasteiger partial charge in [-0.15, -0.1) is 0 Å². The summed E-state index contributed by atoms with van der Waals surface area (Å²) in [5.41, 5.74) is 5.83.